The van der Waals surface area contributed by atoms with Crippen molar-refractivity contribution in [2.24, 2.45) is 5.41 Å². The summed E-state index contributed by atoms with van der Waals surface area (Å²) in [6, 6.07) is 9.95. The van der Waals surface area contributed by atoms with Crippen LogP contribution in [-0.4, -0.2) is 51.9 Å². The van der Waals surface area contributed by atoms with Crippen LogP contribution in [0.2, 0.25) is 0 Å². The molecule has 2 aliphatic rings. The molecule has 3 aromatic rings. The molecule has 3 heterocycles. The Kier molecular flexibility index (Phi) is 5.44. The van der Waals surface area contributed by atoms with Gasteiger partial charge in [-0.3, -0.25) is 4.79 Å². The molecule has 0 amide bonds. The lowest BCUT2D eigenvalue weighted by Gasteiger charge is -2.36. The summed E-state index contributed by atoms with van der Waals surface area (Å²) in [5.74, 6) is 2.13. The first-order valence-electron chi connectivity index (χ1n) is 11.4. The van der Waals surface area contributed by atoms with Gasteiger partial charge in [-0.2, -0.15) is 4.98 Å². The molecule has 1 N–H and O–H groups in total. The molecule has 0 saturated carbocycles. The van der Waals surface area contributed by atoms with Crippen molar-refractivity contribution in [1.29, 1.82) is 0 Å². The van der Waals surface area contributed by atoms with E-state index in [1.54, 1.807) is 12.4 Å². The van der Waals surface area contributed by atoms with E-state index in [1.807, 2.05) is 30.3 Å². The Morgan fingerprint density at radius 3 is 2.18 bits per heavy atom. The first-order chi connectivity index (χ1) is 15.9. The smallest absolute Gasteiger partial charge is 0.227 e. The molecule has 0 unspecified atom stereocenters. The fourth-order valence-corrected chi connectivity index (χ4v) is 4.52. The molecule has 33 heavy (non-hydrogen) atoms. The number of nitrogens with one attached hydrogen (secondary N) is 1. The highest BCUT2D eigenvalue weighted by atomic mass is 16.1. The van der Waals surface area contributed by atoms with Crippen molar-refractivity contribution in [2.45, 2.75) is 33.6 Å². The van der Waals surface area contributed by atoms with Gasteiger partial charge in [0.05, 0.1) is 11.3 Å². The lowest BCUT2D eigenvalue weighted by atomic mass is 9.75. The van der Waals surface area contributed by atoms with Crippen molar-refractivity contribution < 1.29 is 4.79 Å². The molecular formula is C25H29N7O. The van der Waals surface area contributed by atoms with Gasteiger partial charge in [-0.25, -0.2) is 15.0 Å². The lowest BCUT2D eigenvalue weighted by Crippen LogP contribution is -2.48. The number of aromatic nitrogens is 4. The summed E-state index contributed by atoms with van der Waals surface area (Å²) >= 11 is 0. The third-order valence-corrected chi connectivity index (χ3v) is 6.25. The number of carbonyl (C=O) groups excluding carboxylic acids is 1. The third-order valence-electron chi connectivity index (χ3n) is 6.25. The zero-order valence-corrected chi connectivity index (χ0v) is 19.4. The summed E-state index contributed by atoms with van der Waals surface area (Å²) in [5.41, 5.74) is 3.46. The quantitative estimate of drug-likeness (QED) is 0.652. The second-order valence-electron chi connectivity index (χ2n) is 9.65. The van der Waals surface area contributed by atoms with Crippen LogP contribution in [-0.2, 0) is 6.42 Å². The van der Waals surface area contributed by atoms with E-state index in [2.05, 4.69) is 45.9 Å². The molecule has 170 valence electrons. The monoisotopic (exact) mass is 443 g/mol. The number of aryl methyl sites for hydroxylation is 1. The molecule has 5 rings (SSSR count). The van der Waals surface area contributed by atoms with Crippen molar-refractivity contribution in [3.8, 4) is 0 Å². The van der Waals surface area contributed by atoms with Gasteiger partial charge < -0.3 is 15.1 Å². The molecule has 0 radical (unpaired) electrons. The van der Waals surface area contributed by atoms with E-state index in [1.165, 1.54) is 5.56 Å². The highest BCUT2D eigenvalue weighted by Crippen LogP contribution is 2.38. The van der Waals surface area contributed by atoms with Crippen LogP contribution in [0.25, 0.3) is 0 Å². The molecule has 8 heteroatoms. The van der Waals surface area contributed by atoms with Crippen molar-refractivity contribution in [1.82, 2.24) is 19.9 Å². The van der Waals surface area contributed by atoms with Crippen LogP contribution >= 0.6 is 0 Å². The minimum absolute atomic E-state index is 0.105. The summed E-state index contributed by atoms with van der Waals surface area (Å²) in [7, 11) is 0. The number of benzene rings is 1. The van der Waals surface area contributed by atoms with Gasteiger partial charge in [-0.15, -0.1) is 0 Å². The Morgan fingerprint density at radius 1 is 0.879 bits per heavy atom. The van der Waals surface area contributed by atoms with Gasteiger partial charge in [-0.1, -0.05) is 31.5 Å². The van der Waals surface area contributed by atoms with E-state index in [9.17, 15) is 4.79 Å². The first kappa shape index (κ1) is 21.3. The molecule has 8 nitrogen and oxygen atoms in total. The molecule has 1 aliphatic carbocycles. The Bertz CT molecular complexity index is 1150. The summed E-state index contributed by atoms with van der Waals surface area (Å²) < 4.78 is 0. The number of carbonyl (C=O) groups is 1. The van der Waals surface area contributed by atoms with Crippen molar-refractivity contribution in [3.63, 3.8) is 0 Å². The highest BCUT2D eigenvalue weighted by molar-refractivity contribution is 6.03. The number of piperazine rings is 1. The molecule has 1 aromatic carbocycles. The van der Waals surface area contributed by atoms with Gasteiger partial charge in [-0.05, 0) is 37.0 Å². The molecule has 0 spiro atoms. The second kappa shape index (κ2) is 8.42. The molecule has 1 aliphatic heterocycles. The van der Waals surface area contributed by atoms with E-state index in [0.717, 1.165) is 49.9 Å². The van der Waals surface area contributed by atoms with E-state index in [-0.39, 0.29) is 11.2 Å². The van der Waals surface area contributed by atoms with Gasteiger partial charge in [0.15, 0.2) is 5.78 Å². The normalized spacial score (nSPS) is 17.6. The van der Waals surface area contributed by atoms with Gasteiger partial charge in [0.2, 0.25) is 11.9 Å². The van der Waals surface area contributed by atoms with Crippen LogP contribution < -0.4 is 15.1 Å². The van der Waals surface area contributed by atoms with Crippen LogP contribution in [0.4, 0.5) is 23.4 Å². The average molecular weight is 444 g/mol. The van der Waals surface area contributed by atoms with Crippen LogP contribution in [0.5, 0.6) is 0 Å². The van der Waals surface area contributed by atoms with E-state index >= 15 is 0 Å². The number of nitrogens with zero attached hydrogens (tertiary/aromatic N) is 6. The molecule has 0 bridgehead atoms. The highest BCUT2D eigenvalue weighted by Gasteiger charge is 2.35. The number of ketones is 1. The predicted octanol–water partition coefficient (Wildman–Crippen LogP) is 3.80. The van der Waals surface area contributed by atoms with E-state index < -0.39 is 0 Å². The van der Waals surface area contributed by atoms with Gasteiger partial charge in [0.1, 0.15) is 5.82 Å². The van der Waals surface area contributed by atoms with Gasteiger partial charge >= 0.3 is 0 Å². The summed E-state index contributed by atoms with van der Waals surface area (Å²) in [4.78, 5) is 36.0. The molecule has 2 aromatic heterocycles. The number of Topliss-reactive ketones (excluding diaryl/α,β-unsaturated/α-hetero) is 1. The molecule has 0 atom stereocenters. The van der Waals surface area contributed by atoms with Gasteiger partial charge in [0.25, 0.3) is 0 Å². The summed E-state index contributed by atoms with van der Waals surface area (Å²) in [5, 5.41) is 3.40. The minimum atomic E-state index is -0.111. The third kappa shape index (κ3) is 4.51. The fourth-order valence-electron chi connectivity index (χ4n) is 4.52. The summed E-state index contributed by atoms with van der Waals surface area (Å²) in [6.07, 6.45) is 4.79. The first-order valence-corrected chi connectivity index (χ1v) is 11.4. The Balaban J connectivity index is 1.45. The predicted molar refractivity (Wildman–Crippen MR) is 129 cm³/mol. The minimum Gasteiger partial charge on any atom is -0.339 e. The average Bonchev–Trinajstić information content (AvgIpc) is 2.80. The number of hydrogen-bond donors (Lipinski definition) is 1. The number of fused-ring (bicyclic) bond motifs is 1. The molecule has 1 saturated heterocycles. The topological polar surface area (TPSA) is 87.1 Å². The number of anilines is 4. The standard InChI is InChI=1S/C25H29N7O/c1-17-5-7-18(8-6-17)28-22-21-19(15-25(2,3)16-20(21)33)29-24(30-22)32-13-11-31(12-14-32)23-26-9-4-10-27-23/h4-10H,11-16H2,1-3H3,(H,28,29,30). The SMILES string of the molecule is Cc1ccc(Nc2nc(N3CCN(c4ncccn4)CC3)nc3c2C(=O)CC(C)(C)C3)cc1. The van der Waals surface area contributed by atoms with Crippen molar-refractivity contribution >= 4 is 29.2 Å². The van der Waals surface area contributed by atoms with Crippen molar-refractivity contribution in [2.75, 3.05) is 41.3 Å². The van der Waals surface area contributed by atoms with E-state index in [0.29, 0.717) is 23.8 Å². The zero-order valence-electron chi connectivity index (χ0n) is 19.4. The maximum atomic E-state index is 13.1. The Hall–Kier alpha value is -3.55. The second-order valence-corrected chi connectivity index (χ2v) is 9.65. The zero-order chi connectivity index (χ0) is 23.0. The van der Waals surface area contributed by atoms with Crippen LogP contribution in [0.1, 0.15) is 41.9 Å². The van der Waals surface area contributed by atoms with Gasteiger partial charge in [0, 0.05) is 50.7 Å². The number of rotatable bonds is 4. The maximum Gasteiger partial charge on any atom is 0.227 e. The molecular weight excluding hydrogens is 414 g/mol. The van der Waals surface area contributed by atoms with Crippen LogP contribution in [0.15, 0.2) is 42.7 Å². The Morgan fingerprint density at radius 2 is 1.52 bits per heavy atom. The maximum absolute atomic E-state index is 13.1. The van der Waals surface area contributed by atoms with Crippen molar-refractivity contribution in [3.05, 3.63) is 59.5 Å². The fraction of sp³-hybridized carbons (Fsp3) is 0.400. The lowest BCUT2D eigenvalue weighted by molar-refractivity contribution is 0.0911. The Labute approximate surface area is 194 Å². The largest absolute Gasteiger partial charge is 0.339 e. The van der Waals surface area contributed by atoms with E-state index in [4.69, 9.17) is 9.97 Å². The molecule has 1 fully saturated rings. The van der Waals surface area contributed by atoms with Crippen LogP contribution in [0, 0.1) is 12.3 Å². The van der Waals surface area contributed by atoms with Crippen LogP contribution in [0.3, 0.4) is 0 Å². The number of hydrogen-bond acceptors (Lipinski definition) is 8. The summed E-state index contributed by atoms with van der Waals surface area (Å²) in [6.45, 7) is 9.41.